The van der Waals surface area contributed by atoms with E-state index in [4.69, 9.17) is 0 Å². The molecule has 31 heavy (non-hydrogen) atoms. The first-order valence-corrected chi connectivity index (χ1v) is 11.3. The van der Waals surface area contributed by atoms with Crippen molar-refractivity contribution in [2.24, 2.45) is 0 Å². The zero-order chi connectivity index (χ0) is 21.0. The van der Waals surface area contributed by atoms with E-state index in [2.05, 4.69) is 56.2 Å². The largest absolute Gasteiger partial charge is 0.395 e. The summed E-state index contributed by atoms with van der Waals surface area (Å²) in [6, 6.07) is 19.8. The van der Waals surface area contributed by atoms with Crippen LogP contribution in [0.3, 0.4) is 0 Å². The minimum atomic E-state index is 0.214. The maximum atomic E-state index is 10.2. The lowest BCUT2D eigenvalue weighted by molar-refractivity contribution is -0.0656. The molecule has 4 heterocycles. The second-order valence-corrected chi connectivity index (χ2v) is 8.70. The SMILES string of the molecule is OC[C@H]1[C@@H](c2ccc(-c3ccncc3)cc2)[C@@H]2CN(Cc3ccccn3)CCCCN12. The van der Waals surface area contributed by atoms with Gasteiger partial charge < -0.3 is 5.11 Å². The van der Waals surface area contributed by atoms with Gasteiger partial charge in [-0.2, -0.15) is 0 Å². The first-order valence-electron chi connectivity index (χ1n) is 11.3. The molecule has 0 unspecified atom stereocenters. The molecule has 0 amide bonds. The number of nitrogens with zero attached hydrogens (tertiary/aromatic N) is 4. The number of aliphatic hydroxyl groups is 1. The lowest BCUT2D eigenvalue weighted by Gasteiger charge is -2.57. The highest BCUT2D eigenvalue weighted by molar-refractivity contribution is 5.63. The van der Waals surface area contributed by atoms with Crippen molar-refractivity contribution in [3.05, 3.63) is 84.4 Å². The van der Waals surface area contributed by atoms with Crippen molar-refractivity contribution < 1.29 is 5.11 Å². The predicted molar refractivity (Wildman–Crippen MR) is 123 cm³/mol. The molecule has 3 atom stereocenters. The van der Waals surface area contributed by atoms with Crippen LogP contribution in [-0.4, -0.2) is 63.2 Å². The summed E-state index contributed by atoms with van der Waals surface area (Å²) in [4.78, 5) is 13.7. The molecular weight excluding hydrogens is 384 g/mol. The normalized spacial score (nSPS) is 24.6. The Bertz CT molecular complexity index is 964. The summed E-state index contributed by atoms with van der Waals surface area (Å²) in [7, 11) is 0. The second kappa shape index (κ2) is 9.27. The Kier molecular flexibility index (Phi) is 6.07. The van der Waals surface area contributed by atoms with Crippen molar-refractivity contribution in [2.75, 3.05) is 26.2 Å². The average molecular weight is 415 g/mol. The van der Waals surface area contributed by atoms with E-state index in [0.29, 0.717) is 12.0 Å². The van der Waals surface area contributed by atoms with Gasteiger partial charge in [-0.3, -0.25) is 19.8 Å². The first kappa shape index (κ1) is 20.3. The Labute approximate surface area is 184 Å². The Morgan fingerprint density at radius 1 is 0.871 bits per heavy atom. The van der Waals surface area contributed by atoms with Gasteiger partial charge in [-0.25, -0.2) is 0 Å². The molecule has 0 aliphatic carbocycles. The molecule has 0 spiro atoms. The molecule has 1 aromatic carbocycles. The number of rotatable bonds is 5. The number of aliphatic hydroxyl groups excluding tert-OH is 1. The number of hydrogen-bond acceptors (Lipinski definition) is 5. The van der Waals surface area contributed by atoms with Crippen LogP contribution in [0.1, 0.15) is 30.0 Å². The third-order valence-electron chi connectivity index (χ3n) is 6.88. The summed E-state index contributed by atoms with van der Waals surface area (Å²) in [6.07, 6.45) is 7.92. The van der Waals surface area contributed by atoms with Gasteiger partial charge in [0.1, 0.15) is 0 Å². The highest BCUT2D eigenvalue weighted by Gasteiger charge is 2.49. The van der Waals surface area contributed by atoms with Crippen LogP contribution in [0.15, 0.2) is 73.2 Å². The number of pyridine rings is 2. The number of aromatic nitrogens is 2. The summed E-state index contributed by atoms with van der Waals surface area (Å²) < 4.78 is 0. The molecular formula is C26H30N4O. The average Bonchev–Trinajstić information content (AvgIpc) is 2.81. The first-order chi connectivity index (χ1) is 15.3. The Morgan fingerprint density at radius 3 is 2.39 bits per heavy atom. The summed E-state index contributed by atoms with van der Waals surface area (Å²) in [5.41, 5.74) is 4.85. The zero-order valence-corrected chi connectivity index (χ0v) is 17.8. The highest BCUT2D eigenvalue weighted by Crippen LogP contribution is 2.42. The van der Waals surface area contributed by atoms with E-state index >= 15 is 0 Å². The van der Waals surface area contributed by atoms with Crippen LogP contribution in [0.2, 0.25) is 0 Å². The maximum Gasteiger partial charge on any atom is 0.0593 e. The van der Waals surface area contributed by atoms with E-state index < -0.39 is 0 Å². The van der Waals surface area contributed by atoms with Gasteiger partial charge in [-0.15, -0.1) is 0 Å². The fraction of sp³-hybridized carbons (Fsp3) is 0.385. The van der Waals surface area contributed by atoms with Crippen LogP contribution in [-0.2, 0) is 6.54 Å². The molecule has 0 saturated carbocycles. The Hall–Kier alpha value is -2.60. The van der Waals surface area contributed by atoms with Gasteiger partial charge >= 0.3 is 0 Å². The summed E-state index contributed by atoms with van der Waals surface area (Å²) >= 11 is 0. The van der Waals surface area contributed by atoms with Gasteiger partial charge in [-0.1, -0.05) is 30.3 Å². The summed E-state index contributed by atoms with van der Waals surface area (Å²) in [6.45, 7) is 4.32. The van der Waals surface area contributed by atoms with Gasteiger partial charge in [0.25, 0.3) is 0 Å². The van der Waals surface area contributed by atoms with Crippen molar-refractivity contribution in [3.63, 3.8) is 0 Å². The summed E-state index contributed by atoms with van der Waals surface area (Å²) in [5, 5.41) is 10.2. The summed E-state index contributed by atoms with van der Waals surface area (Å²) in [5.74, 6) is 0.362. The van der Waals surface area contributed by atoms with Crippen molar-refractivity contribution in [1.82, 2.24) is 19.8 Å². The fourth-order valence-corrected chi connectivity index (χ4v) is 5.32. The third-order valence-corrected chi connectivity index (χ3v) is 6.88. The topological polar surface area (TPSA) is 52.5 Å². The molecule has 2 fully saturated rings. The van der Waals surface area contributed by atoms with Crippen LogP contribution >= 0.6 is 0 Å². The second-order valence-electron chi connectivity index (χ2n) is 8.70. The zero-order valence-electron chi connectivity index (χ0n) is 17.8. The molecule has 2 aliphatic rings. The van der Waals surface area contributed by atoms with Gasteiger partial charge in [0, 0.05) is 49.7 Å². The Morgan fingerprint density at radius 2 is 1.65 bits per heavy atom. The van der Waals surface area contributed by atoms with Crippen molar-refractivity contribution >= 4 is 0 Å². The quantitative estimate of drug-likeness (QED) is 0.692. The van der Waals surface area contributed by atoms with Crippen LogP contribution in [0, 0.1) is 0 Å². The molecule has 5 rings (SSSR count). The van der Waals surface area contributed by atoms with E-state index in [1.54, 1.807) is 0 Å². The van der Waals surface area contributed by atoms with Gasteiger partial charge in [0.2, 0.25) is 0 Å². The van der Waals surface area contributed by atoms with E-state index in [-0.39, 0.29) is 12.6 Å². The number of fused-ring (bicyclic) bond motifs is 1. The van der Waals surface area contributed by atoms with Crippen LogP contribution in [0.5, 0.6) is 0 Å². The molecule has 3 aromatic rings. The van der Waals surface area contributed by atoms with Gasteiger partial charge in [0.05, 0.1) is 12.3 Å². The van der Waals surface area contributed by atoms with Crippen molar-refractivity contribution in [2.45, 2.75) is 37.4 Å². The smallest absolute Gasteiger partial charge is 0.0593 e. The predicted octanol–water partition coefficient (Wildman–Crippen LogP) is 3.57. The number of benzene rings is 1. The minimum Gasteiger partial charge on any atom is -0.395 e. The van der Waals surface area contributed by atoms with E-state index in [9.17, 15) is 5.11 Å². The van der Waals surface area contributed by atoms with Crippen LogP contribution in [0.4, 0.5) is 0 Å². The molecule has 1 N–H and O–H groups in total. The van der Waals surface area contributed by atoms with E-state index in [1.165, 1.54) is 29.5 Å². The van der Waals surface area contributed by atoms with Crippen LogP contribution < -0.4 is 0 Å². The minimum absolute atomic E-state index is 0.214. The van der Waals surface area contributed by atoms with E-state index in [0.717, 1.165) is 31.9 Å². The fourth-order valence-electron chi connectivity index (χ4n) is 5.32. The van der Waals surface area contributed by atoms with E-state index in [1.807, 2.05) is 36.8 Å². The monoisotopic (exact) mass is 414 g/mol. The van der Waals surface area contributed by atoms with Crippen molar-refractivity contribution in [1.29, 1.82) is 0 Å². The lowest BCUT2D eigenvalue weighted by Crippen LogP contribution is -2.67. The van der Waals surface area contributed by atoms with Crippen molar-refractivity contribution in [3.8, 4) is 11.1 Å². The lowest BCUT2D eigenvalue weighted by atomic mass is 9.74. The maximum absolute atomic E-state index is 10.2. The molecule has 2 saturated heterocycles. The molecule has 0 bridgehead atoms. The molecule has 2 aliphatic heterocycles. The molecule has 5 heteroatoms. The molecule has 5 nitrogen and oxygen atoms in total. The Balaban J connectivity index is 1.36. The van der Waals surface area contributed by atoms with Crippen LogP contribution in [0.25, 0.3) is 11.1 Å². The third kappa shape index (κ3) is 4.26. The number of hydrogen-bond donors (Lipinski definition) is 1. The molecule has 2 aromatic heterocycles. The van der Waals surface area contributed by atoms with Gasteiger partial charge in [0.15, 0.2) is 0 Å². The highest BCUT2D eigenvalue weighted by atomic mass is 16.3. The standard InChI is InChI=1S/C26H30N4O/c31-19-25-26(22-8-6-20(7-9-22)21-10-13-27-14-11-21)24-18-29(15-3-4-16-30(24)25)17-23-5-1-2-12-28-23/h1-2,5-14,24-26,31H,3-4,15-19H2/t24-,25-,26-/m0/s1. The van der Waals surface area contributed by atoms with Gasteiger partial charge in [-0.05, 0) is 66.9 Å². The molecule has 160 valence electrons. The molecule has 0 radical (unpaired) electrons.